The lowest BCUT2D eigenvalue weighted by Crippen LogP contribution is -2.43. The van der Waals surface area contributed by atoms with Crippen molar-refractivity contribution in [1.29, 1.82) is 0 Å². The lowest BCUT2D eigenvalue weighted by atomic mass is 10.1. The van der Waals surface area contributed by atoms with Gasteiger partial charge in [0.1, 0.15) is 18.0 Å². The second kappa shape index (κ2) is 7.25. The maximum atomic E-state index is 10.2. The number of aromatic nitrogens is 2. The van der Waals surface area contributed by atoms with Gasteiger partial charge in [0.05, 0.1) is 5.60 Å². The van der Waals surface area contributed by atoms with Gasteiger partial charge in [-0.2, -0.15) is 0 Å². The molecule has 0 bridgehead atoms. The van der Waals surface area contributed by atoms with Crippen LogP contribution in [0.15, 0.2) is 12.4 Å². The van der Waals surface area contributed by atoms with E-state index in [9.17, 15) is 5.11 Å². The van der Waals surface area contributed by atoms with E-state index in [4.69, 9.17) is 0 Å². The van der Waals surface area contributed by atoms with Gasteiger partial charge in [-0.05, 0) is 27.4 Å². The smallest absolute Gasteiger partial charge is 0.131 e. The highest BCUT2D eigenvalue weighted by molar-refractivity contribution is 5.46. The molecule has 0 amide bonds. The molecule has 0 aliphatic rings. The van der Waals surface area contributed by atoms with Crippen molar-refractivity contribution < 1.29 is 5.11 Å². The predicted molar refractivity (Wildman–Crippen MR) is 78.5 cm³/mol. The molecule has 6 nitrogen and oxygen atoms in total. The van der Waals surface area contributed by atoms with Crippen LogP contribution in [0.25, 0.3) is 0 Å². The number of anilines is 2. The fourth-order valence-electron chi connectivity index (χ4n) is 1.82. The normalized spacial score (nSPS) is 14.2. The fourth-order valence-corrected chi connectivity index (χ4v) is 1.82. The Hall–Kier alpha value is -1.40. The summed E-state index contributed by atoms with van der Waals surface area (Å²) in [6, 6.07) is 1.85. The topological polar surface area (TPSA) is 73.3 Å². The molecule has 1 aromatic rings. The van der Waals surface area contributed by atoms with Crippen molar-refractivity contribution in [2.75, 3.05) is 44.4 Å². The second-order valence-electron chi connectivity index (χ2n) is 5.30. The summed E-state index contributed by atoms with van der Waals surface area (Å²) in [5, 5.41) is 16.5. The number of rotatable bonds is 8. The van der Waals surface area contributed by atoms with Gasteiger partial charge in [-0.1, -0.05) is 6.92 Å². The molecule has 0 aromatic carbocycles. The van der Waals surface area contributed by atoms with Gasteiger partial charge in [0.25, 0.3) is 0 Å². The third-order valence-electron chi connectivity index (χ3n) is 2.53. The standard InChI is InChI=1S/C13H25N5O/c1-5-6-14-11-7-12(17-10-16-11)15-8-13(2,19)9-18(3)4/h7,10,19H,5-6,8-9H2,1-4H3,(H2,14,15,16,17). The van der Waals surface area contributed by atoms with Crippen LogP contribution in [-0.4, -0.2) is 59.3 Å². The number of nitrogens with one attached hydrogen (secondary N) is 2. The number of likely N-dealkylation sites (N-methyl/N-ethyl adjacent to an activating group) is 1. The summed E-state index contributed by atoms with van der Waals surface area (Å²) in [6.07, 6.45) is 2.56. The van der Waals surface area contributed by atoms with Crippen LogP contribution in [0.3, 0.4) is 0 Å². The van der Waals surface area contributed by atoms with Gasteiger partial charge in [0.15, 0.2) is 0 Å². The van der Waals surface area contributed by atoms with Gasteiger partial charge in [-0.15, -0.1) is 0 Å². The minimum Gasteiger partial charge on any atom is -0.387 e. The minimum absolute atomic E-state index is 0.440. The molecule has 0 saturated carbocycles. The molecule has 108 valence electrons. The van der Waals surface area contributed by atoms with E-state index >= 15 is 0 Å². The summed E-state index contributed by atoms with van der Waals surface area (Å²) in [6.45, 7) is 5.82. The first kappa shape index (κ1) is 15.7. The van der Waals surface area contributed by atoms with Crippen LogP contribution in [0.2, 0.25) is 0 Å². The Kier molecular flexibility index (Phi) is 5.98. The summed E-state index contributed by atoms with van der Waals surface area (Å²) in [4.78, 5) is 10.2. The molecule has 0 saturated heterocycles. The quantitative estimate of drug-likeness (QED) is 0.653. The first-order valence-corrected chi connectivity index (χ1v) is 6.60. The zero-order chi connectivity index (χ0) is 14.3. The lowest BCUT2D eigenvalue weighted by molar-refractivity contribution is 0.0459. The molecule has 1 unspecified atom stereocenters. The number of nitrogens with zero attached hydrogens (tertiary/aromatic N) is 3. The van der Waals surface area contributed by atoms with Gasteiger partial charge in [0, 0.05) is 25.7 Å². The highest BCUT2D eigenvalue weighted by atomic mass is 16.3. The molecule has 1 heterocycles. The van der Waals surface area contributed by atoms with Crippen molar-refractivity contribution in [3.8, 4) is 0 Å². The van der Waals surface area contributed by atoms with Crippen molar-refractivity contribution in [3.63, 3.8) is 0 Å². The molecule has 1 atom stereocenters. The average molecular weight is 267 g/mol. The van der Waals surface area contributed by atoms with E-state index in [1.54, 1.807) is 6.92 Å². The molecule has 1 aromatic heterocycles. The third-order valence-corrected chi connectivity index (χ3v) is 2.53. The van der Waals surface area contributed by atoms with Gasteiger partial charge in [0.2, 0.25) is 0 Å². The van der Waals surface area contributed by atoms with Crippen molar-refractivity contribution in [2.45, 2.75) is 25.9 Å². The Morgan fingerprint density at radius 2 is 1.89 bits per heavy atom. The van der Waals surface area contributed by atoms with Gasteiger partial charge >= 0.3 is 0 Å². The van der Waals surface area contributed by atoms with Gasteiger partial charge in [-0.3, -0.25) is 0 Å². The molecule has 0 fully saturated rings. The average Bonchev–Trinajstić information content (AvgIpc) is 2.33. The SMILES string of the molecule is CCCNc1cc(NCC(C)(O)CN(C)C)ncn1. The van der Waals surface area contributed by atoms with Crippen molar-refractivity contribution in [1.82, 2.24) is 14.9 Å². The summed E-state index contributed by atoms with van der Waals surface area (Å²) in [5.41, 5.74) is -0.800. The Balaban J connectivity index is 2.52. The molecular weight excluding hydrogens is 242 g/mol. The fraction of sp³-hybridized carbons (Fsp3) is 0.692. The number of aliphatic hydroxyl groups is 1. The molecular formula is C13H25N5O. The summed E-state index contributed by atoms with van der Waals surface area (Å²) in [5.74, 6) is 1.51. The van der Waals surface area contributed by atoms with Crippen LogP contribution in [0.1, 0.15) is 20.3 Å². The zero-order valence-electron chi connectivity index (χ0n) is 12.3. The Labute approximate surface area is 115 Å². The van der Waals surface area contributed by atoms with E-state index in [2.05, 4.69) is 27.5 Å². The molecule has 3 N–H and O–H groups in total. The summed E-state index contributed by atoms with van der Waals surface area (Å²) < 4.78 is 0. The second-order valence-corrected chi connectivity index (χ2v) is 5.30. The molecule has 0 aliphatic heterocycles. The van der Waals surface area contributed by atoms with Crippen LogP contribution in [0.5, 0.6) is 0 Å². The van der Waals surface area contributed by atoms with E-state index in [1.807, 2.05) is 25.1 Å². The first-order chi connectivity index (χ1) is 8.93. The largest absolute Gasteiger partial charge is 0.387 e. The highest BCUT2D eigenvalue weighted by Crippen LogP contribution is 2.11. The Morgan fingerprint density at radius 1 is 1.26 bits per heavy atom. The van der Waals surface area contributed by atoms with E-state index in [0.29, 0.717) is 18.9 Å². The highest BCUT2D eigenvalue weighted by Gasteiger charge is 2.21. The van der Waals surface area contributed by atoms with Crippen LogP contribution in [0, 0.1) is 0 Å². The predicted octanol–water partition coefficient (Wildman–Crippen LogP) is 1.02. The van der Waals surface area contributed by atoms with Crippen LogP contribution >= 0.6 is 0 Å². The van der Waals surface area contributed by atoms with Crippen molar-refractivity contribution in [2.24, 2.45) is 0 Å². The molecule has 0 radical (unpaired) electrons. The first-order valence-electron chi connectivity index (χ1n) is 6.60. The number of hydrogen-bond donors (Lipinski definition) is 3. The van der Waals surface area contributed by atoms with Crippen LogP contribution in [-0.2, 0) is 0 Å². The molecule has 0 aliphatic carbocycles. The summed E-state index contributed by atoms with van der Waals surface area (Å²) in [7, 11) is 3.87. The molecule has 6 heteroatoms. The van der Waals surface area contributed by atoms with Crippen molar-refractivity contribution >= 4 is 11.6 Å². The van der Waals surface area contributed by atoms with Gasteiger partial charge in [-0.25, -0.2) is 9.97 Å². The maximum absolute atomic E-state index is 10.2. The van der Waals surface area contributed by atoms with Crippen LogP contribution < -0.4 is 10.6 Å². The number of hydrogen-bond acceptors (Lipinski definition) is 6. The zero-order valence-corrected chi connectivity index (χ0v) is 12.3. The van der Waals surface area contributed by atoms with Crippen molar-refractivity contribution in [3.05, 3.63) is 12.4 Å². The van der Waals surface area contributed by atoms with Crippen LogP contribution in [0.4, 0.5) is 11.6 Å². The molecule has 19 heavy (non-hydrogen) atoms. The van der Waals surface area contributed by atoms with E-state index < -0.39 is 5.60 Å². The molecule has 1 rings (SSSR count). The third kappa shape index (κ3) is 6.35. The molecule has 0 spiro atoms. The summed E-state index contributed by atoms with van der Waals surface area (Å²) >= 11 is 0. The Morgan fingerprint density at radius 3 is 2.47 bits per heavy atom. The monoisotopic (exact) mass is 267 g/mol. The van der Waals surface area contributed by atoms with E-state index in [1.165, 1.54) is 6.33 Å². The minimum atomic E-state index is -0.800. The lowest BCUT2D eigenvalue weighted by Gasteiger charge is -2.27. The Bertz CT molecular complexity index is 381. The van der Waals surface area contributed by atoms with E-state index in [-0.39, 0.29) is 0 Å². The van der Waals surface area contributed by atoms with Gasteiger partial charge < -0.3 is 20.6 Å². The van der Waals surface area contributed by atoms with E-state index in [0.717, 1.165) is 18.8 Å². The maximum Gasteiger partial charge on any atom is 0.131 e.